The van der Waals surface area contributed by atoms with Gasteiger partial charge in [0.05, 0.1) is 11.8 Å². The van der Waals surface area contributed by atoms with Gasteiger partial charge in [-0.2, -0.15) is 13.2 Å². The normalized spacial score (nSPS) is 21.8. The topological polar surface area (TPSA) is 66.8 Å². The first kappa shape index (κ1) is 17.1. The number of benzene rings is 1. The van der Waals surface area contributed by atoms with Crippen LogP contribution in [0.15, 0.2) is 30.3 Å². The van der Waals surface area contributed by atoms with Crippen molar-refractivity contribution in [1.29, 1.82) is 0 Å². The van der Waals surface area contributed by atoms with E-state index in [1.165, 1.54) is 0 Å². The Kier molecular flexibility index (Phi) is 5.12. The van der Waals surface area contributed by atoms with Gasteiger partial charge in [0.2, 0.25) is 0 Å². The van der Waals surface area contributed by atoms with Crippen LogP contribution in [0.25, 0.3) is 0 Å². The van der Waals surface area contributed by atoms with Gasteiger partial charge in [0.1, 0.15) is 6.61 Å². The summed E-state index contributed by atoms with van der Waals surface area (Å²) in [6, 6.07) is 8.68. The minimum Gasteiger partial charge on any atom is -0.481 e. The average molecular weight is 331 g/mol. The molecule has 1 fully saturated rings. The molecule has 2 atom stereocenters. The second-order valence-electron chi connectivity index (χ2n) is 5.45. The van der Waals surface area contributed by atoms with Crippen LogP contribution in [0, 0.1) is 11.8 Å². The number of carboxylic acid groups (broad SMARTS) is 1. The van der Waals surface area contributed by atoms with E-state index in [0.29, 0.717) is 5.56 Å². The van der Waals surface area contributed by atoms with Crippen molar-refractivity contribution in [2.45, 2.75) is 19.2 Å². The van der Waals surface area contributed by atoms with Gasteiger partial charge in [-0.3, -0.25) is 4.79 Å². The maximum Gasteiger partial charge on any atom is 0.410 e. The Morgan fingerprint density at radius 1 is 1.22 bits per heavy atom. The number of hydrogen-bond acceptors (Lipinski definition) is 3. The van der Waals surface area contributed by atoms with Crippen molar-refractivity contribution in [2.24, 2.45) is 11.8 Å². The third-order valence-corrected chi connectivity index (χ3v) is 3.73. The number of carboxylic acids is 1. The highest BCUT2D eigenvalue weighted by Crippen LogP contribution is 2.35. The molecular weight excluding hydrogens is 315 g/mol. The minimum atomic E-state index is -4.55. The summed E-state index contributed by atoms with van der Waals surface area (Å²) in [6.07, 6.45) is -6.01. The number of halogens is 3. The summed E-state index contributed by atoms with van der Waals surface area (Å²) in [6.45, 7) is -0.943. The van der Waals surface area contributed by atoms with Gasteiger partial charge in [-0.05, 0) is 12.0 Å². The van der Waals surface area contributed by atoms with Crippen molar-refractivity contribution in [3.8, 4) is 0 Å². The number of piperidine rings is 1. The molecule has 0 bridgehead atoms. The molecule has 0 spiro atoms. The molecule has 0 aliphatic carbocycles. The van der Waals surface area contributed by atoms with Gasteiger partial charge in [0.15, 0.2) is 0 Å². The highest BCUT2D eigenvalue weighted by molar-refractivity contribution is 5.73. The van der Waals surface area contributed by atoms with Gasteiger partial charge < -0.3 is 14.7 Å². The summed E-state index contributed by atoms with van der Waals surface area (Å²) in [7, 11) is 0. The zero-order valence-corrected chi connectivity index (χ0v) is 12.1. The van der Waals surface area contributed by atoms with E-state index in [-0.39, 0.29) is 13.2 Å². The molecule has 1 aromatic carbocycles. The Morgan fingerprint density at radius 3 is 2.43 bits per heavy atom. The van der Waals surface area contributed by atoms with E-state index in [1.54, 1.807) is 30.3 Å². The van der Waals surface area contributed by atoms with Crippen LogP contribution in [0.4, 0.5) is 18.0 Å². The molecular formula is C15H16F3NO4. The second kappa shape index (κ2) is 6.89. The lowest BCUT2D eigenvalue weighted by Crippen LogP contribution is -2.50. The molecule has 1 aromatic rings. The molecule has 2 rings (SSSR count). The molecule has 1 saturated heterocycles. The van der Waals surface area contributed by atoms with Gasteiger partial charge in [0.25, 0.3) is 0 Å². The van der Waals surface area contributed by atoms with Crippen LogP contribution in [0.5, 0.6) is 0 Å². The molecule has 0 saturated carbocycles. The minimum absolute atomic E-state index is 0.0788. The Labute approximate surface area is 130 Å². The zero-order chi connectivity index (χ0) is 17.0. The van der Waals surface area contributed by atoms with Gasteiger partial charge in [-0.15, -0.1) is 0 Å². The molecule has 1 N–H and O–H groups in total. The monoisotopic (exact) mass is 331 g/mol. The third kappa shape index (κ3) is 4.61. The van der Waals surface area contributed by atoms with E-state index in [0.717, 1.165) is 4.90 Å². The Morgan fingerprint density at radius 2 is 1.87 bits per heavy atom. The number of aliphatic carboxylic acids is 1. The van der Waals surface area contributed by atoms with E-state index < -0.39 is 43.0 Å². The zero-order valence-electron chi connectivity index (χ0n) is 12.1. The lowest BCUT2D eigenvalue weighted by molar-refractivity contribution is -0.192. The van der Waals surface area contributed by atoms with Gasteiger partial charge in [0, 0.05) is 13.1 Å². The number of rotatable bonds is 3. The van der Waals surface area contributed by atoms with Crippen LogP contribution in [-0.2, 0) is 16.1 Å². The summed E-state index contributed by atoms with van der Waals surface area (Å²) < 4.78 is 43.7. The number of nitrogens with zero attached hydrogens (tertiary/aromatic N) is 1. The fourth-order valence-electron chi connectivity index (χ4n) is 2.47. The maximum absolute atomic E-state index is 12.9. The molecule has 5 nitrogen and oxygen atoms in total. The standard InChI is InChI=1S/C15H16F3NO4/c16-15(17,18)12-6-11(13(20)21)7-19(8-12)14(22)23-9-10-4-2-1-3-5-10/h1-5,11-12H,6-9H2,(H,20,21)/t11?,12-/m1/s1. The van der Waals surface area contributed by atoms with Crippen molar-refractivity contribution in [3.05, 3.63) is 35.9 Å². The molecule has 1 aliphatic heterocycles. The summed E-state index contributed by atoms with van der Waals surface area (Å²) in [5.74, 6) is -4.46. The molecule has 126 valence electrons. The Balaban J connectivity index is 2.01. The second-order valence-corrected chi connectivity index (χ2v) is 5.45. The molecule has 1 unspecified atom stereocenters. The highest BCUT2D eigenvalue weighted by atomic mass is 19.4. The molecule has 1 aliphatic rings. The van der Waals surface area contributed by atoms with Gasteiger partial charge in [-0.1, -0.05) is 30.3 Å². The van der Waals surface area contributed by atoms with E-state index >= 15 is 0 Å². The number of carbonyl (C=O) groups is 2. The van der Waals surface area contributed by atoms with Crippen molar-refractivity contribution in [1.82, 2.24) is 4.90 Å². The first-order chi connectivity index (χ1) is 10.8. The lowest BCUT2D eigenvalue weighted by atomic mass is 9.89. The lowest BCUT2D eigenvalue weighted by Gasteiger charge is -2.36. The van der Waals surface area contributed by atoms with Crippen molar-refractivity contribution in [3.63, 3.8) is 0 Å². The van der Waals surface area contributed by atoms with E-state index in [9.17, 15) is 22.8 Å². The molecule has 1 heterocycles. The van der Waals surface area contributed by atoms with Crippen molar-refractivity contribution >= 4 is 12.1 Å². The van der Waals surface area contributed by atoms with E-state index in [2.05, 4.69) is 0 Å². The molecule has 8 heteroatoms. The van der Waals surface area contributed by atoms with Gasteiger partial charge >= 0.3 is 18.2 Å². The van der Waals surface area contributed by atoms with Gasteiger partial charge in [-0.25, -0.2) is 4.79 Å². The molecule has 0 radical (unpaired) electrons. The predicted octanol–water partition coefficient (Wildman–Crippen LogP) is 2.91. The summed E-state index contributed by atoms with van der Waals surface area (Å²) in [5.41, 5.74) is 0.694. The smallest absolute Gasteiger partial charge is 0.410 e. The summed E-state index contributed by atoms with van der Waals surface area (Å²) in [4.78, 5) is 23.8. The van der Waals surface area contributed by atoms with Crippen LogP contribution < -0.4 is 0 Å². The number of ether oxygens (including phenoxy) is 1. The fraction of sp³-hybridized carbons (Fsp3) is 0.467. The first-order valence-electron chi connectivity index (χ1n) is 7.02. The SMILES string of the molecule is O=C(O)C1C[C@@H](C(F)(F)F)CN(C(=O)OCc2ccccc2)C1. The Hall–Kier alpha value is -2.25. The Bertz CT molecular complexity index is 562. The summed E-state index contributed by atoms with van der Waals surface area (Å²) in [5, 5.41) is 8.98. The first-order valence-corrected chi connectivity index (χ1v) is 7.02. The molecule has 23 heavy (non-hydrogen) atoms. The van der Waals surface area contributed by atoms with Crippen LogP contribution in [0.3, 0.4) is 0 Å². The fourth-order valence-corrected chi connectivity index (χ4v) is 2.47. The number of carbonyl (C=O) groups excluding carboxylic acids is 1. The maximum atomic E-state index is 12.9. The summed E-state index contributed by atoms with van der Waals surface area (Å²) >= 11 is 0. The van der Waals surface area contributed by atoms with E-state index in [1.807, 2.05) is 0 Å². The van der Waals surface area contributed by atoms with Crippen LogP contribution >= 0.6 is 0 Å². The largest absolute Gasteiger partial charge is 0.481 e. The van der Waals surface area contributed by atoms with Crippen molar-refractivity contribution < 1.29 is 32.6 Å². The van der Waals surface area contributed by atoms with Crippen LogP contribution in [-0.4, -0.2) is 41.3 Å². The molecule has 1 amide bonds. The number of likely N-dealkylation sites (tertiary alicyclic amines) is 1. The third-order valence-electron chi connectivity index (χ3n) is 3.73. The highest BCUT2D eigenvalue weighted by Gasteiger charge is 2.47. The van der Waals surface area contributed by atoms with Crippen LogP contribution in [0.2, 0.25) is 0 Å². The average Bonchev–Trinajstić information content (AvgIpc) is 2.52. The number of hydrogen-bond donors (Lipinski definition) is 1. The number of amides is 1. The van der Waals surface area contributed by atoms with Crippen molar-refractivity contribution in [2.75, 3.05) is 13.1 Å². The number of alkyl halides is 3. The van der Waals surface area contributed by atoms with Crippen LogP contribution in [0.1, 0.15) is 12.0 Å². The molecule has 0 aromatic heterocycles. The predicted molar refractivity (Wildman–Crippen MR) is 73.5 cm³/mol. The van der Waals surface area contributed by atoms with E-state index in [4.69, 9.17) is 9.84 Å². The quantitative estimate of drug-likeness (QED) is 0.925.